The van der Waals surface area contributed by atoms with Gasteiger partial charge in [0.2, 0.25) is 5.82 Å². The second-order valence-electron chi connectivity index (χ2n) is 7.90. The molecule has 32 heavy (non-hydrogen) atoms. The van der Waals surface area contributed by atoms with Crippen LogP contribution in [0.15, 0.2) is 48.5 Å². The average molecular weight is 429 g/mol. The third-order valence-electron chi connectivity index (χ3n) is 5.63. The van der Waals surface area contributed by atoms with Crippen LogP contribution in [-0.2, 0) is 19.4 Å². The van der Waals surface area contributed by atoms with Crippen molar-refractivity contribution in [1.82, 2.24) is 30.2 Å². The van der Waals surface area contributed by atoms with E-state index in [1.165, 1.54) is 0 Å². The summed E-state index contributed by atoms with van der Waals surface area (Å²) >= 11 is 0. The van der Waals surface area contributed by atoms with Gasteiger partial charge in [-0.2, -0.15) is 5.21 Å². The fourth-order valence-corrected chi connectivity index (χ4v) is 4.00. The van der Waals surface area contributed by atoms with E-state index < -0.39 is 0 Å². The number of carbonyl (C=O) groups excluding carboxylic acids is 1. The molecule has 164 valence electrons. The Morgan fingerprint density at radius 1 is 0.969 bits per heavy atom. The van der Waals surface area contributed by atoms with Gasteiger partial charge in [-0.05, 0) is 41.2 Å². The smallest absolute Gasteiger partial charge is 0.205 e. The molecule has 2 heterocycles. The number of carbonyl (C=O) groups is 1. The van der Waals surface area contributed by atoms with Crippen LogP contribution >= 0.6 is 0 Å². The number of imidazole rings is 1. The summed E-state index contributed by atoms with van der Waals surface area (Å²) in [5.41, 5.74) is 5.82. The van der Waals surface area contributed by atoms with Crippen molar-refractivity contribution in [3.63, 3.8) is 0 Å². The van der Waals surface area contributed by atoms with Crippen molar-refractivity contribution in [2.45, 2.75) is 52.5 Å². The summed E-state index contributed by atoms with van der Waals surface area (Å²) < 4.78 is 2.09. The molecule has 0 atom stereocenters. The molecule has 0 saturated carbocycles. The fourth-order valence-electron chi connectivity index (χ4n) is 4.00. The molecule has 0 radical (unpaired) electrons. The van der Waals surface area contributed by atoms with E-state index >= 15 is 0 Å². The standard InChI is InChI=1S/C25H28N6O/c1-3-5-11-22-23(17-32)31(24(26-22)8-4-2)16-18-12-14-19(15-13-18)20-9-6-7-10-21(20)25-27-29-30-28-25/h6-7,9-10,12-15,17H,3-5,8,11,16H2,1-2H3,(H,27,28,29,30). The van der Waals surface area contributed by atoms with Crippen LogP contribution in [0.4, 0.5) is 0 Å². The van der Waals surface area contributed by atoms with Crippen LogP contribution in [0, 0.1) is 0 Å². The number of nitrogens with one attached hydrogen (secondary N) is 1. The predicted octanol–water partition coefficient (Wildman–Crippen LogP) is 4.89. The van der Waals surface area contributed by atoms with E-state index in [1.54, 1.807) is 0 Å². The van der Waals surface area contributed by atoms with Gasteiger partial charge < -0.3 is 4.57 Å². The molecular formula is C25H28N6O. The normalized spacial score (nSPS) is 11.1. The summed E-state index contributed by atoms with van der Waals surface area (Å²) in [4.78, 5) is 16.7. The van der Waals surface area contributed by atoms with Crippen molar-refractivity contribution in [3.05, 3.63) is 71.3 Å². The molecule has 1 N–H and O–H groups in total. The number of hydrogen-bond donors (Lipinski definition) is 1. The third-order valence-corrected chi connectivity index (χ3v) is 5.63. The number of aromatic amines is 1. The van der Waals surface area contributed by atoms with Crippen molar-refractivity contribution < 1.29 is 4.79 Å². The first-order valence-electron chi connectivity index (χ1n) is 11.2. The van der Waals surface area contributed by atoms with Crippen LogP contribution in [0.3, 0.4) is 0 Å². The minimum absolute atomic E-state index is 0.572. The van der Waals surface area contributed by atoms with Gasteiger partial charge in [0.15, 0.2) is 6.29 Å². The molecule has 2 aromatic heterocycles. The molecule has 0 aliphatic carbocycles. The van der Waals surface area contributed by atoms with Crippen molar-refractivity contribution in [2.75, 3.05) is 0 Å². The summed E-state index contributed by atoms with van der Waals surface area (Å²) in [6.45, 7) is 4.93. The van der Waals surface area contributed by atoms with E-state index in [-0.39, 0.29) is 0 Å². The third kappa shape index (κ3) is 4.51. The van der Waals surface area contributed by atoms with Gasteiger partial charge in [-0.25, -0.2) is 4.98 Å². The summed E-state index contributed by atoms with van der Waals surface area (Å²) in [7, 11) is 0. The molecular weight excluding hydrogens is 400 g/mol. The highest BCUT2D eigenvalue weighted by Crippen LogP contribution is 2.30. The van der Waals surface area contributed by atoms with Crippen molar-refractivity contribution in [2.24, 2.45) is 0 Å². The second kappa shape index (κ2) is 10.1. The van der Waals surface area contributed by atoms with Crippen molar-refractivity contribution in [1.29, 1.82) is 0 Å². The molecule has 0 bridgehead atoms. The molecule has 7 heteroatoms. The topological polar surface area (TPSA) is 89.3 Å². The molecule has 0 aliphatic heterocycles. The Labute approximate surface area is 187 Å². The Hall–Kier alpha value is -3.61. The van der Waals surface area contributed by atoms with Gasteiger partial charge in [0.1, 0.15) is 11.5 Å². The monoisotopic (exact) mass is 428 g/mol. The molecule has 7 nitrogen and oxygen atoms in total. The first-order chi connectivity index (χ1) is 15.7. The minimum atomic E-state index is 0.572. The van der Waals surface area contributed by atoms with Crippen LogP contribution in [0.25, 0.3) is 22.5 Å². The van der Waals surface area contributed by atoms with Crippen LogP contribution in [0.5, 0.6) is 0 Å². The number of aromatic nitrogens is 6. The van der Waals surface area contributed by atoms with Gasteiger partial charge in [0, 0.05) is 18.5 Å². The number of nitrogens with zero attached hydrogens (tertiary/aromatic N) is 5. The molecule has 0 aliphatic rings. The van der Waals surface area contributed by atoms with Gasteiger partial charge in [-0.3, -0.25) is 4.79 Å². The lowest BCUT2D eigenvalue weighted by molar-refractivity contribution is 0.111. The van der Waals surface area contributed by atoms with Crippen LogP contribution in [0.1, 0.15) is 60.7 Å². The van der Waals surface area contributed by atoms with E-state index in [1.807, 2.05) is 18.2 Å². The Bertz CT molecular complexity index is 1160. The SMILES string of the molecule is CCCCc1nc(CCC)n(Cc2ccc(-c3ccccc3-c3nn[nH]n3)cc2)c1C=O. The van der Waals surface area contributed by atoms with Crippen LogP contribution < -0.4 is 0 Å². The molecule has 0 spiro atoms. The minimum Gasteiger partial charge on any atom is -0.321 e. The highest BCUT2D eigenvalue weighted by atomic mass is 16.1. The lowest BCUT2D eigenvalue weighted by Gasteiger charge is -2.11. The van der Waals surface area contributed by atoms with E-state index in [2.05, 4.69) is 69.4 Å². The molecule has 0 saturated heterocycles. The van der Waals surface area contributed by atoms with E-state index in [4.69, 9.17) is 4.98 Å². The summed E-state index contributed by atoms with van der Waals surface area (Å²) in [5, 5.41) is 14.4. The highest BCUT2D eigenvalue weighted by Gasteiger charge is 2.16. The van der Waals surface area contributed by atoms with E-state index in [0.29, 0.717) is 18.1 Å². The number of tetrazole rings is 1. The van der Waals surface area contributed by atoms with Crippen molar-refractivity contribution >= 4 is 6.29 Å². The Kier molecular flexibility index (Phi) is 6.84. The van der Waals surface area contributed by atoms with E-state index in [9.17, 15) is 4.79 Å². The molecule has 4 rings (SSSR count). The number of unbranched alkanes of at least 4 members (excludes halogenated alkanes) is 1. The first kappa shape index (κ1) is 21.6. The Morgan fingerprint density at radius 2 is 1.75 bits per heavy atom. The number of aldehydes is 1. The van der Waals surface area contributed by atoms with Crippen LogP contribution in [0.2, 0.25) is 0 Å². The number of benzene rings is 2. The van der Waals surface area contributed by atoms with Crippen molar-refractivity contribution in [3.8, 4) is 22.5 Å². The summed E-state index contributed by atoms with van der Waals surface area (Å²) in [6.07, 6.45) is 5.79. The molecule has 0 fully saturated rings. The van der Waals surface area contributed by atoms with Gasteiger partial charge in [-0.15, -0.1) is 10.2 Å². The van der Waals surface area contributed by atoms with Gasteiger partial charge in [0.25, 0.3) is 0 Å². The zero-order valence-corrected chi connectivity index (χ0v) is 18.6. The lowest BCUT2D eigenvalue weighted by Crippen LogP contribution is -2.09. The maximum atomic E-state index is 11.9. The Morgan fingerprint density at radius 3 is 2.41 bits per heavy atom. The molecule has 0 unspecified atom stereocenters. The van der Waals surface area contributed by atoms with Gasteiger partial charge in [0.05, 0.1) is 5.69 Å². The maximum Gasteiger partial charge on any atom is 0.205 e. The maximum absolute atomic E-state index is 11.9. The number of aryl methyl sites for hydroxylation is 2. The zero-order valence-electron chi connectivity index (χ0n) is 18.6. The van der Waals surface area contributed by atoms with Crippen LogP contribution in [-0.4, -0.2) is 36.5 Å². The molecule has 0 amide bonds. The second-order valence-corrected chi connectivity index (χ2v) is 7.90. The first-order valence-corrected chi connectivity index (χ1v) is 11.2. The van der Waals surface area contributed by atoms with Gasteiger partial charge in [-0.1, -0.05) is 68.8 Å². The predicted molar refractivity (Wildman–Crippen MR) is 124 cm³/mol. The quantitative estimate of drug-likeness (QED) is 0.363. The fraction of sp³-hybridized carbons (Fsp3) is 0.320. The summed E-state index contributed by atoms with van der Waals surface area (Å²) in [6, 6.07) is 16.4. The summed E-state index contributed by atoms with van der Waals surface area (Å²) in [5.74, 6) is 1.56. The number of H-pyrrole nitrogens is 1. The highest BCUT2D eigenvalue weighted by molar-refractivity contribution is 5.80. The van der Waals surface area contributed by atoms with Gasteiger partial charge >= 0.3 is 0 Å². The molecule has 2 aromatic carbocycles. The zero-order chi connectivity index (χ0) is 22.3. The lowest BCUT2D eigenvalue weighted by atomic mass is 9.98. The number of hydrogen-bond acceptors (Lipinski definition) is 5. The largest absolute Gasteiger partial charge is 0.321 e. The van der Waals surface area contributed by atoms with E-state index in [0.717, 1.165) is 72.2 Å². The number of rotatable bonds is 10. The Balaban J connectivity index is 1.63. The molecule has 4 aromatic rings. The average Bonchev–Trinajstić information content (AvgIpc) is 3.47.